The maximum absolute atomic E-state index is 12.5. The van der Waals surface area contributed by atoms with E-state index in [4.69, 9.17) is 10.8 Å². The van der Waals surface area contributed by atoms with Crippen molar-refractivity contribution in [3.8, 4) is 0 Å². The van der Waals surface area contributed by atoms with Gasteiger partial charge in [0.15, 0.2) is 0 Å². The third kappa shape index (κ3) is 6.58. The molecule has 146 valence electrons. The number of rotatable bonds is 6. The van der Waals surface area contributed by atoms with Crippen molar-refractivity contribution in [1.82, 2.24) is 4.72 Å². The first-order chi connectivity index (χ1) is 12.4. The van der Waals surface area contributed by atoms with Crippen molar-refractivity contribution in [3.63, 3.8) is 0 Å². The van der Waals surface area contributed by atoms with Crippen molar-refractivity contribution >= 4 is 27.5 Å². The van der Waals surface area contributed by atoms with E-state index in [1.807, 2.05) is 6.07 Å². The third-order valence-electron chi connectivity index (χ3n) is 3.62. The number of nitrogen functional groups attached to an aromatic ring is 1. The Morgan fingerprint density at radius 2 is 1.74 bits per heavy atom. The lowest BCUT2D eigenvalue weighted by Gasteiger charge is -2.20. The maximum Gasteiger partial charge on any atom is 0.409 e. The highest BCUT2D eigenvalue weighted by Gasteiger charge is 2.22. The zero-order valence-corrected chi connectivity index (χ0v) is 16.4. The van der Waals surface area contributed by atoms with Crippen molar-refractivity contribution in [1.29, 1.82) is 0 Å². The first kappa shape index (κ1) is 20.7. The van der Waals surface area contributed by atoms with Crippen molar-refractivity contribution in [2.24, 2.45) is 0 Å². The standard InChI is InChI=1S/C19H25N3O4S/c1-19(2,3)22-27(25,26)17-11-14(9-15(20)12-17)8-7-13-5-4-6-16(10-13)21-18(23)24/h4-6,9-12,21-22H,7-8,20H2,1-3H3,(H,23,24). The number of anilines is 2. The van der Waals surface area contributed by atoms with Crippen LogP contribution in [-0.2, 0) is 22.9 Å². The van der Waals surface area contributed by atoms with Crippen LogP contribution in [0.25, 0.3) is 0 Å². The average molecular weight is 391 g/mol. The number of aryl methyl sites for hydroxylation is 2. The summed E-state index contributed by atoms with van der Waals surface area (Å²) < 4.78 is 27.7. The zero-order chi connectivity index (χ0) is 20.2. The minimum absolute atomic E-state index is 0.133. The number of hydrogen-bond acceptors (Lipinski definition) is 4. The Morgan fingerprint density at radius 1 is 1.07 bits per heavy atom. The molecule has 0 saturated heterocycles. The molecule has 0 spiro atoms. The van der Waals surface area contributed by atoms with Crippen LogP contribution in [0, 0.1) is 0 Å². The van der Waals surface area contributed by atoms with Crippen LogP contribution in [0.3, 0.4) is 0 Å². The first-order valence-electron chi connectivity index (χ1n) is 8.47. The molecule has 27 heavy (non-hydrogen) atoms. The molecule has 0 aromatic heterocycles. The van der Waals surface area contributed by atoms with Gasteiger partial charge in [0, 0.05) is 16.9 Å². The largest absolute Gasteiger partial charge is 0.465 e. The Labute approximate surface area is 159 Å². The van der Waals surface area contributed by atoms with Gasteiger partial charge in [0.1, 0.15) is 0 Å². The summed E-state index contributed by atoms with van der Waals surface area (Å²) in [5.41, 5.74) is 7.90. The van der Waals surface area contributed by atoms with Gasteiger partial charge in [-0.3, -0.25) is 5.32 Å². The number of amides is 1. The van der Waals surface area contributed by atoms with Crippen molar-refractivity contribution in [2.45, 2.75) is 44.0 Å². The molecule has 0 unspecified atom stereocenters. The van der Waals surface area contributed by atoms with E-state index in [0.29, 0.717) is 24.2 Å². The molecule has 0 saturated carbocycles. The molecule has 0 aliphatic heterocycles. The topological polar surface area (TPSA) is 122 Å². The summed E-state index contributed by atoms with van der Waals surface area (Å²) in [5, 5.41) is 11.1. The minimum Gasteiger partial charge on any atom is -0.465 e. The summed E-state index contributed by atoms with van der Waals surface area (Å²) >= 11 is 0. The normalized spacial score (nSPS) is 12.0. The second-order valence-electron chi connectivity index (χ2n) is 7.40. The fourth-order valence-corrected chi connectivity index (χ4v) is 4.19. The number of nitrogens with two attached hydrogens (primary N) is 1. The molecule has 2 aromatic rings. The molecule has 5 N–H and O–H groups in total. The molecule has 0 radical (unpaired) electrons. The van der Waals surface area contributed by atoms with Crippen molar-refractivity contribution in [2.75, 3.05) is 11.1 Å². The van der Waals surface area contributed by atoms with E-state index in [1.54, 1.807) is 51.1 Å². The fourth-order valence-electron chi connectivity index (χ4n) is 2.66. The van der Waals surface area contributed by atoms with Gasteiger partial charge in [0.2, 0.25) is 10.0 Å². The molecule has 2 rings (SSSR count). The van der Waals surface area contributed by atoms with E-state index < -0.39 is 21.7 Å². The first-order valence-corrected chi connectivity index (χ1v) is 9.95. The van der Waals surface area contributed by atoms with Crippen LogP contribution in [0.1, 0.15) is 31.9 Å². The fraction of sp³-hybridized carbons (Fsp3) is 0.316. The lowest BCUT2D eigenvalue weighted by atomic mass is 10.0. The Morgan fingerprint density at radius 3 is 2.37 bits per heavy atom. The number of carboxylic acid groups (broad SMARTS) is 1. The lowest BCUT2D eigenvalue weighted by Crippen LogP contribution is -2.40. The average Bonchev–Trinajstić information content (AvgIpc) is 2.50. The molecule has 0 aliphatic rings. The molecule has 0 fully saturated rings. The predicted octanol–water partition coefficient (Wildman–Crippen LogP) is 3.22. The van der Waals surface area contributed by atoms with E-state index in [0.717, 1.165) is 11.1 Å². The van der Waals surface area contributed by atoms with Gasteiger partial charge in [-0.2, -0.15) is 0 Å². The van der Waals surface area contributed by atoms with E-state index in [-0.39, 0.29) is 4.90 Å². The highest BCUT2D eigenvalue weighted by atomic mass is 32.2. The SMILES string of the molecule is CC(C)(C)NS(=O)(=O)c1cc(N)cc(CCc2cccc(NC(=O)O)c2)c1. The number of benzene rings is 2. The summed E-state index contributed by atoms with van der Waals surface area (Å²) in [6.45, 7) is 5.32. The smallest absolute Gasteiger partial charge is 0.409 e. The van der Waals surface area contributed by atoms with E-state index >= 15 is 0 Å². The Bertz CT molecular complexity index is 934. The number of carbonyl (C=O) groups is 1. The zero-order valence-electron chi connectivity index (χ0n) is 15.6. The van der Waals surface area contributed by atoms with Gasteiger partial charge >= 0.3 is 6.09 Å². The predicted molar refractivity (Wildman–Crippen MR) is 106 cm³/mol. The van der Waals surface area contributed by atoms with Crippen molar-refractivity contribution in [3.05, 3.63) is 53.6 Å². The highest BCUT2D eigenvalue weighted by Crippen LogP contribution is 2.20. The minimum atomic E-state index is -3.67. The quantitative estimate of drug-likeness (QED) is 0.563. The molecular weight excluding hydrogens is 366 g/mol. The number of nitrogens with one attached hydrogen (secondary N) is 2. The summed E-state index contributed by atoms with van der Waals surface area (Å²) in [6.07, 6.45) is 0.0638. The molecular formula is C19H25N3O4S. The number of sulfonamides is 1. The molecule has 8 heteroatoms. The van der Waals surface area contributed by atoms with Crippen molar-refractivity contribution < 1.29 is 18.3 Å². The van der Waals surface area contributed by atoms with Gasteiger partial charge in [-0.05, 0) is 75.1 Å². The molecule has 0 heterocycles. The second-order valence-corrected chi connectivity index (χ2v) is 9.08. The molecule has 0 bridgehead atoms. The van der Waals surface area contributed by atoms with Gasteiger partial charge in [-0.15, -0.1) is 0 Å². The van der Waals surface area contributed by atoms with Gasteiger partial charge < -0.3 is 10.8 Å². The lowest BCUT2D eigenvalue weighted by molar-refractivity contribution is 0.209. The van der Waals surface area contributed by atoms with Gasteiger partial charge in [0.25, 0.3) is 0 Å². The summed E-state index contributed by atoms with van der Waals surface area (Å²) in [6, 6.07) is 11.9. The highest BCUT2D eigenvalue weighted by molar-refractivity contribution is 7.89. The second kappa shape index (κ2) is 7.98. The summed E-state index contributed by atoms with van der Waals surface area (Å²) in [5.74, 6) is 0. The van der Waals surface area contributed by atoms with Gasteiger partial charge in [-0.25, -0.2) is 17.9 Å². The van der Waals surface area contributed by atoms with Crippen LogP contribution in [0.4, 0.5) is 16.2 Å². The van der Waals surface area contributed by atoms with Crippen LogP contribution in [0.5, 0.6) is 0 Å². The maximum atomic E-state index is 12.5. The molecule has 1 amide bonds. The Kier molecular flexibility index (Phi) is 6.12. The van der Waals surface area contributed by atoms with Crippen LogP contribution < -0.4 is 15.8 Å². The van der Waals surface area contributed by atoms with Crippen LogP contribution in [0.15, 0.2) is 47.4 Å². The summed E-state index contributed by atoms with van der Waals surface area (Å²) in [4.78, 5) is 10.9. The van der Waals surface area contributed by atoms with E-state index in [2.05, 4.69) is 10.0 Å². The molecule has 7 nitrogen and oxygen atoms in total. The van der Waals surface area contributed by atoms with Gasteiger partial charge in [-0.1, -0.05) is 12.1 Å². The van der Waals surface area contributed by atoms with Crippen LogP contribution in [-0.4, -0.2) is 25.2 Å². The van der Waals surface area contributed by atoms with Crippen LogP contribution in [0.2, 0.25) is 0 Å². The Hall–Kier alpha value is -2.58. The van der Waals surface area contributed by atoms with Gasteiger partial charge in [0.05, 0.1) is 4.90 Å². The monoisotopic (exact) mass is 391 g/mol. The van der Waals surface area contributed by atoms with E-state index in [9.17, 15) is 13.2 Å². The third-order valence-corrected chi connectivity index (χ3v) is 5.36. The molecule has 2 aromatic carbocycles. The molecule has 0 aliphatic carbocycles. The van der Waals surface area contributed by atoms with E-state index in [1.165, 1.54) is 6.07 Å². The van der Waals surface area contributed by atoms with Crippen LogP contribution >= 0.6 is 0 Å². The summed E-state index contributed by atoms with van der Waals surface area (Å²) in [7, 11) is -3.67. The number of hydrogen-bond donors (Lipinski definition) is 4. The Balaban J connectivity index is 2.19. The molecule has 0 atom stereocenters.